The van der Waals surface area contributed by atoms with Gasteiger partial charge in [-0.25, -0.2) is 0 Å². The predicted octanol–water partition coefficient (Wildman–Crippen LogP) is 5.20. The number of thiophene rings is 1. The maximum atomic E-state index is 12.4. The summed E-state index contributed by atoms with van der Waals surface area (Å²) in [6.07, 6.45) is 0. The summed E-state index contributed by atoms with van der Waals surface area (Å²) in [7, 11) is 1.61. The highest BCUT2D eigenvalue weighted by Crippen LogP contribution is 2.27. The van der Waals surface area contributed by atoms with Gasteiger partial charge < -0.3 is 14.8 Å². The number of methoxy groups -OCH3 is 1. The Kier molecular flexibility index (Phi) is 5.58. The van der Waals surface area contributed by atoms with Crippen LogP contribution in [0, 0.1) is 13.8 Å². The average Bonchev–Trinajstić information content (AvgIpc) is 3.12. The molecule has 1 aromatic heterocycles. The summed E-state index contributed by atoms with van der Waals surface area (Å²) in [6.45, 7) is 4.46. The van der Waals surface area contributed by atoms with Gasteiger partial charge in [-0.2, -0.15) is 0 Å². The van der Waals surface area contributed by atoms with Gasteiger partial charge in [0.1, 0.15) is 6.61 Å². The molecule has 3 aromatic rings. The minimum atomic E-state index is -0.109. The lowest BCUT2D eigenvalue weighted by atomic mass is 10.1. The lowest BCUT2D eigenvalue weighted by molar-refractivity contribution is 0.103. The van der Waals surface area contributed by atoms with Gasteiger partial charge in [0, 0.05) is 11.3 Å². The molecule has 26 heavy (non-hydrogen) atoms. The number of carbonyl (C=O) groups excluding carboxylic acids is 1. The second kappa shape index (κ2) is 8.06. The van der Waals surface area contributed by atoms with Gasteiger partial charge >= 0.3 is 0 Å². The summed E-state index contributed by atoms with van der Waals surface area (Å²) in [4.78, 5) is 13.1. The zero-order valence-corrected chi connectivity index (χ0v) is 15.9. The van der Waals surface area contributed by atoms with Gasteiger partial charge in [0.25, 0.3) is 5.91 Å². The molecule has 0 bridgehead atoms. The van der Waals surface area contributed by atoms with Crippen LogP contribution in [0.3, 0.4) is 0 Å². The molecule has 1 heterocycles. The van der Waals surface area contributed by atoms with Crippen molar-refractivity contribution in [1.29, 1.82) is 0 Å². The molecular formula is C21H21NO3S. The van der Waals surface area contributed by atoms with E-state index in [1.54, 1.807) is 7.11 Å². The maximum Gasteiger partial charge on any atom is 0.265 e. The van der Waals surface area contributed by atoms with E-state index >= 15 is 0 Å². The van der Waals surface area contributed by atoms with Crippen molar-refractivity contribution in [1.82, 2.24) is 0 Å². The Morgan fingerprint density at radius 2 is 1.81 bits per heavy atom. The van der Waals surface area contributed by atoms with E-state index in [2.05, 4.69) is 5.32 Å². The van der Waals surface area contributed by atoms with Crippen LogP contribution in [0.4, 0.5) is 5.69 Å². The van der Waals surface area contributed by atoms with Crippen LogP contribution in [0.1, 0.15) is 26.4 Å². The molecule has 2 aromatic carbocycles. The Bertz CT molecular complexity index is 917. The molecule has 1 amide bonds. The maximum absolute atomic E-state index is 12.4. The van der Waals surface area contributed by atoms with Crippen molar-refractivity contribution in [3.05, 3.63) is 75.5 Å². The fourth-order valence-corrected chi connectivity index (χ4v) is 3.27. The third-order valence-electron chi connectivity index (χ3n) is 4.11. The van der Waals surface area contributed by atoms with Crippen molar-refractivity contribution < 1.29 is 14.3 Å². The minimum Gasteiger partial charge on any atom is -0.493 e. The number of anilines is 1. The van der Waals surface area contributed by atoms with Crippen molar-refractivity contribution >= 4 is 22.9 Å². The molecule has 3 rings (SSSR count). The second-order valence-electron chi connectivity index (χ2n) is 6.01. The third kappa shape index (κ3) is 4.24. The number of nitrogens with one attached hydrogen (secondary N) is 1. The molecule has 0 saturated carbocycles. The van der Waals surface area contributed by atoms with Gasteiger partial charge in [0.2, 0.25) is 0 Å². The van der Waals surface area contributed by atoms with Gasteiger partial charge in [0.05, 0.1) is 12.0 Å². The predicted molar refractivity (Wildman–Crippen MR) is 106 cm³/mol. The van der Waals surface area contributed by atoms with Crippen LogP contribution >= 0.6 is 11.3 Å². The van der Waals surface area contributed by atoms with Crippen molar-refractivity contribution in [2.45, 2.75) is 20.5 Å². The molecule has 5 heteroatoms. The Hall–Kier alpha value is -2.79. The second-order valence-corrected chi connectivity index (χ2v) is 6.92. The Morgan fingerprint density at radius 3 is 2.54 bits per heavy atom. The fraction of sp³-hybridized carbons (Fsp3) is 0.190. The Balaban J connectivity index is 1.63. The number of aryl methyl sites for hydroxylation is 2. The minimum absolute atomic E-state index is 0.109. The molecule has 0 aliphatic rings. The van der Waals surface area contributed by atoms with Crippen LogP contribution in [0.25, 0.3) is 0 Å². The topological polar surface area (TPSA) is 47.6 Å². The number of rotatable bonds is 6. The normalized spacial score (nSPS) is 10.4. The number of benzene rings is 2. The van der Waals surface area contributed by atoms with Crippen LogP contribution in [0.5, 0.6) is 11.5 Å². The zero-order chi connectivity index (χ0) is 18.5. The van der Waals surface area contributed by atoms with Crippen molar-refractivity contribution in [2.24, 2.45) is 0 Å². The highest BCUT2D eigenvalue weighted by atomic mass is 32.1. The third-order valence-corrected chi connectivity index (χ3v) is 5.08. The van der Waals surface area contributed by atoms with E-state index in [9.17, 15) is 4.79 Å². The van der Waals surface area contributed by atoms with Gasteiger partial charge in [-0.1, -0.05) is 18.2 Å². The van der Waals surface area contributed by atoms with E-state index in [0.29, 0.717) is 23.0 Å². The molecule has 1 N–H and O–H groups in total. The number of carbonyl (C=O) groups is 1. The first kappa shape index (κ1) is 18.0. The quantitative estimate of drug-likeness (QED) is 0.651. The summed E-state index contributed by atoms with van der Waals surface area (Å²) in [5.74, 6) is 1.26. The van der Waals surface area contributed by atoms with Crippen molar-refractivity contribution in [3.8, 4) is 11.5 Å². The van der Waals surface area contributed by atoms with Crippen molar-refractivity contribution in [2.75, 3.05) is 12.4 Å². The highest BCUT2D eigenvalue weighted by Gasteiger charge is 2.11. The Morgan fingerprint density at radius 1 is 1.04 bits per heavy atom. The lowest BCUT2D eigenvalue weighted by Crippen LogP contribution is -2.10. The smallest absolute Gasteiger partial charge is 0.265 e. The molecule has 0 saturated heterocycles. The zero-order valence-electron chi connectivity index (χ0n) is 15.0. The van der Waals surface area contributed by atoms with Crippen LogP contribution in [0.2, 0.25) is 0 Å². The molecule has 0 fully saturated rings. The average molecular weight is 367 g/mol. The number of ether oxygens (including phenoxy) is 2. The van der Waals surface area contributed by atoms with Crippen LogP contribution in [-0.2, 0) is 6.61 Å². The standard InChI is InChI=1S/C21H21NO3S/c1-14-8-9-17(10-15(14)2)22-21(23)20-11-16(13-26-20)12-25-19-7-5-4-6-18(19)24-3/h4-11,13H,12H2,1-3H3,(H,22,23). The summed E-state index contributed by atoms with van der Waals surface area (Å²) in [6, 6.07) is 15.3. The van der Waals surface area contributed by atoms with Gasteiger partial charge in [-0.15, -0.1) is 11.3 Å². The van der Waals surface area contributed by atoms with Crippen molar-refractivity contribution in [3.63, 3.8) is 0 Å². The molecule has 0 atom stereocenters. The molecule has 4 nitrogen and oxygen atoms in total. The van der Waals surface area contributed by atoms with E-state index in [1.165, 1.54) is 16.9 Å². The number of hydrogen-bond donors (Lipinski definition) is 1. The van der Waals surface area contributed by atoms with E-state index in [0.717, 1.165) is 16.8 Å². The molecule has 0 aliphatic carbocycles. The number of amides is 1. The van der Waals surface area contributed by atoms with Crippen LogP contribution in [-0.4, -0.2) is 13.0 Å². The summed E-state index contributed by atoms with van der Waals surface area (Å²) < 4.78 is 11.1. The first-order valence-electron chi connectivity index (χ1n) is 8.28. The SMILES string of the molecule is COc1ccccc1OCc1csc(C(=O)Nc2ccc(C)c(C)c2)c1. The summed E-state index contributed by atoms with van der Waals surface area (Å²) >= 11 is 1.41. The number of para-hydroxylation sites is 2. The first-order chi connectivity index (χ1) is 12.6. The summed E-state index contributed by atoms with van der Waals surface area (Å²) in [5.41, 5.74) is 4.11. The van der Waals surface area contributed by atoms with E-state index in [4.69, 9.17) is 9.47 Å². The molecule has 0 aliphatic heterocycles. The highest BCUT2D eigenvalue weighted by molar-refractivity contribution is 7.12. The van der Waals surface area contributed by atoms with E-state index in [1.807, 2.05) is 67.8 Å². The molecule has 0 spiro atoms. The monoisotopic (exact) mass is 367 g/mol. The van der Waals surface area contributed by atoms with Gasteiger partial charge in [-0.3, -0.25) is 4.79 Å². The van der Waals surface area contributed by atoms with Gasteiger partial charge in [-0.05, 0) is 60.7 Å². The largest absolute Gasteiger partial charge is 0.493 e. The van der Waals surface area contributed by atoms with Gasteiger partial charge in [0.15, 0.2) is 11.5 Å². The van der Waals surface area contributed by atoms with E-state index in [-0.39, 0.29) is 5.91 Å². The van der Waals surface area contributed by atoms with E-state index < -0.39 is 0 Å². The molecule has 0 unspecified atom stereocenters. The fourth-order valence-electron chi connectivity index (χ4n) is 2.48. The van der Waals surface area contributed by atoms with Crippen LogP contribution in [0.15, 0.2) is 53.9 Å². The lowest BCUT2D eigenvalue weighted by Gasteiger charge is -2.09. The summed E-state index contributed by atoms with van der Waals surface area (Å²) in [5, 5.41) is 4.88. The first-order valence-corrected chi connectivity index (χ1v) is 9.16. The number of hydrogen-bond acceptors (Lipinski definition) is 4. The molecule has 134 valence electrons. The molecular weight excluding hydrogens is 346 g/mol. The Labute approximate surface area is 157 Å². The van der Waals surface area contributed by atoms with Crippen LogP contribution < -0.4 is 14.8 Å². The molecule has 0 radical (unpaired) electrons.